The Labute approximate surface area is 124 Å². The van der Waals surface area contributed by atoms with Crippen LogP contribution in [0.15, 0.2) is 42.5 Å². The zero-order chi connectivity index (χ0) is 15.2. The van der Waals surface area contributed by atoms with Gasteiger partial charge in [0.15, 0.2) is 0 Å². The van der Waals surface area contributed by atoms with Crippen molar-refractivity contribution in [3.63, 3.8) is 0 Å². The second-order valence-corrected chi connectivity index (χ2v) is 4.88. The first-order valence-electron chi connectivity index (χ1n) is 6.75. The van der Waals surface area contributed by atoms with Crippen molar-refractivity contribution < 1.29 is 14.6 Å². The quantitative estimate of drug-likeness (QED) is 0.888. The molecule has 0 aliphatic rings. The summed E-state index contributed by atoms with van der Waals surface area (Å²) in [5.41, 5.74) is 3.40. The lowest BCUT2D eigenvalue weighted by Crippen LogP contribution is -2.15. The van der Waals surface area contributed by atoms with Gasteiger partial charge in [0.05, 0.1) is 20.1 Å². The number of ether oxygens (including phenoxy) is 1. The van der Waals surface area contributed by atoms with Crippen molar-refractivity contribution in [3.8, 4) is 5.75 Å². The van der Waals surface area contributed by atoms with E-state index in [0.717, 1.165) is 28.1 Å². The van der Waals surface area contributed by atoms with Crippen molar-refractivity contribution in [2.24, 2.45) is 0 Å². The van der Waals surface area contributed by atoms with E-state index < -0.39 is 0 Å². The van der Waals surface area contributed by atoms with Gasteiger partial charge in [-0.2, -0.15) is 0 Å². The number of hydrogen-bond donors (Lipinski definition) is 2. The number of amides is 1. The lowest BCUT2D eigenvalue weighted by molar-refractivity contribution is -0.115. The summed E-state index contributed by atoms with van der Waals surface area (Å²) >= 11 is 0. The van der Waals surface area contributed by atoms with Crippen molar-refractivity contribution in [2.75, 3.05) is 12.4 Å². The van der Waals surface area contributed by atoms with Crippen LogP contribution < -0.4 is 10.1 Å². The summed E-state index contributed by atoms with van der Waals surface area (Å²) in [6, 6.07) is 12.9. The topological polar surface area (TPSA) is 58.6 Å². The van der Waals surface area contributed by atoms with E-state index in [-0.39, 0.29) is 12.5 Å². The summed E-state index contributed by atoms with van der Waals surface area (Å²) in [5.74, 6) is 0.684. The maximum Gasteiger partial charge on any atom is 0.228 e. The Morgan fingerprint density at radius 3 is 2.43 bits per heavy atom. The average Bonchev–Trinajstić information content (AvgIpc) is 2.50. The monoisotopic (exact) mass is 285 g/mol. The Kier molecular flexibility index (Phi) is 4.95. The molecule has 2 aromatic carbocycles. The lowest BCUT2D eigenvalue weighted by Gasteiger charge is -2.10. The van der Waals surface area contributed by atoms with Crippen LogP contribution in [0.2, 0.25) is 0 Å². The number of nitrogens with one attached hydrogen (secondary N) is 1. The molecule has 0 aliphatic carbocycles. The number of aliphatic hydroxyl groups excluding tert-OH is 1. The Balaban J connectivity index is 2.04. The molecule has 0 fully saturated rings. The smallest absolute Gasteiger partial charge is 0.228 e. The average molecular weight is 285 g/mol. The highest BCUT2D eigenvalue weighted by molar-refractivity contribution is 5.93. The third kappa shape index (κ3) is 4.07. The maximum absolute atomic E-state index is 12.1. The maximum atomic E-state index is 12.1. The summed E-state index contributed by atoms with van der Waals surface area (Å²) in [6.45, 7) is 1.88. The highest BCUT2D eigenvalue weighted by Gasteiger charge is 2.07. The number of rotatable bonds is 5. The summed E-state index contributed by atoms with van der Waals surface area (Å²) < 4.78 is 5.09. The van der Waals surface area contributed by atoms with Gasteiger partial charge in [0.1, 0.15) is 5.75 Å². The molecule has 21 heavy (non-hydrogen) atoms. The summed E-state index contributed by atoms with van der Waals surface area (Å²) in [6.07, 6.45) is 0.298. The summed E-state index contributed by atoms with van der Waals surface area (Å²) in [7, 11) is 1.61. The van der Waals surface area contributed by atoms with E-state index in [1.165, 1.54) is 0 Å². The predicted molar refractivity (Wildman–Crippen MR) is 82.4 cm³/mol. The number of hydrogen-bond acceptors (Lipinski definition) is 3. The zero-order valence-corrected chi connectivity index (χ0v) is 12.2. The minimum absolute atomic E-state index is 0.0400. The second-order valence-electron chi connectivity index (χ2n) is 4.88. The third-order valence-electron chi connectivity index (χ3n) is 3.28. The third-order valence-corrected chi connectivity index (χ3v) is 3.28. The van der Waals surface area contributed by atoms with Crippen LogP contribution in [0, 0.1) is 6.92 Å². The van der Waals surface area contributed by atoms with Gasteiger partial charge in [-0.1, -0.05) is 24.3 Å². The fraction of sp³-hybridized carbons (Fsp3) is 0.235. The molecule has 0 unspecified atom stereocenters. The van der Waals surface area contributed by atoms with Crippen LogP contribution >= 0.6 is 0 Å². The van der Waals surface area contributed by atoms with Crippen LogP contribution in [0.5, 0.6) is 5.75 Å². The van der Waals surface area contributed by atoms with Gasteiger partial charge in [-0.15, -0.1) is 0 Å². The molecule has 0 saturated heterocycles. The number of aryl methyl sites for hydroxylation is 1. The molecule has 4 nitrogen and oxygen atoms in total. The van der Waals surface area contributed by atoms with Gasteiger partial charge in [0, 0.05) is 5.69 Å². The highest BCUT2D eigenvalue weighted by atomic mass is 16.5. The SMILES string of the molecule is COc1ccc(CC(=O)Nc2cc(CO)ccc2C)cc1. The predicted octanol–water partition coefficient (Wildman–Crippen LogP) is 2.68. The van der Waals surface area contributed by atoms with E-state index in [9.17, 15) is 4.79 Å². The van der Waals surface area contributed by atoms with Crippen molar-refractivity contribution in [1.82, 2.24) is 0 Å². The Morgan fingerprint density at radius 2 is 1.81 bits per heavy atom. The molecule has 0 aliphatic heterocycles. The van der Waals surface area contributed by atoms with Crippen LogP contribution in [0.25, 0.3) is 0 Å². The first-order chi connectivity index (χ1) is 10.1. The Morgan fingerprint density at radius 1 is 1.14 bits per heavy atom. The molecule has 2 aromatic rings. The van der Waals surface area contributed by atoms with Crippen LogP contribution in [0.1, 0.15) is 16.7 Å². The van der Waals surface area contributed by atoms with E-state index in [1.807, 2.05) is 43.3 Å². The van der Waals surface area contributed by atoms with Gasteiger partial charge in [-0.25, -0.2) is 0 Å². The molecule has 0 heterocycles. The molecule has 4 heteroatoms. The number of methoxy groups -OCH3 is 1. The standard InChI is InChI=1S/C17H19NO3/c1-12-3-4-14(11-19)9-16(12)18-17(20)10-13-5-7-15(21-2)8-6-13/h3-9,19H,10-11H2,1-2H3,(H,18,20). The van der Waals surface area contributed by atoms with Gasteiger partial charge in [-0.05, 0) is 41.8 Å². The molecule has 0 bridgehead atoms. The van der Waals surface area contributed by atoms with E-state index in [2.05, 4.69) is 5.32 Å². The summed E-state index contributed by atoms with van der Waals surface area (Å²) in [4.78, 5) is 12.1. The Bertz CT molecular complexity index is 620. The van der Waals surface area contributed by atoms with Gasteiger partial charge >= 0.3 is 0 Å². The van der Waals surface area contributed by atoms with Crippen LogP contribution in [-0.4, -0.2) is 18.1 Å². The largest absolute Gasteiger partial charge is 0.497 e. The Hall–Kier alpha value is -2.33. The molecule has 2 N–H and O–H groups in total. The zero-order valence-electron chi connectivity index (χ0n) is 12.2. The van der Waals surface area contributed by atoms with E-state index >= 15 is 0 Å². The molecular weight excluding hydrogens is 266 g/mol. The molecule has 0 saturated carbocycles. The fourth-order valence-electron chi connectivity index (χ4n) is 2.03. The fourth-order valence-corrected chi connectivity index (χ4v) is 2.03. The number of aliphatic hydroxyl groups is 1. The van der Waals surface area contributed by atoms with Gasteiger partial charge in [0.25, 0.3) is 0 Å². The van der Waals surface area contributed by atoms with Crippen molar-refractivity contribution in [3.05, 3.63) is 59.2 Å². The minimum Gasteiger partial charge on any atom is -0.497 e. The molecule has 0 atom stereocenters. The highest BCUT2D eigenvalue weighted by Crippen LogP contribution is 2.18. The molecule has 0 aromatic heterocycles. The van der Waals surface area contributed by atoms with E-state index in [0.29, 0.717) is 6.42 Å². The van der Waals surface area contributed by atoms with Gasteiger partial charge < -0.3 is 15.2 Å². The minimum atomic E-state index is -0.0849. The first-order valence-corrected chi connectivity index (χ1v) is 6.75. The molecule has 0 spiro atoms. The first kappa shape index (κ1) is 15.1. The number of anilines is 1. The molecule has 1 amide bonds. The van der Waals surface area contributed by atoms with Gasteiger partial charge in [0.2, 0.25) is 5.91 Å². The molecular formula is C17H19NO3. The number of benzene rings is 2. The normalized spacial score (nSPS) is 10.2. The van der Waals surface area contributed by atoms with E-state index in [1.54, 1.807) is 13.2 Å². The number of carbonyl (C=O) groups excluding carboxylic acids is 1. The summed E-state index contributed by atoms with van der Waals surface area (Å²) in [5, 5.41) is 12.0. The second kappa shape index (κ2) is 6.90. The van der Waals surface area contributed by atoms with Crippen LogP contribution in [0.4, 0.5) is 5.69 Å². The van der Waals surface area contributed by atoms with Crippen LogP contribution in [0.3, 0.4) is 0 Å². The molecule has 2 rings (SSSR count). The van der Waals surface area contributed by atoms with Gasteiger partial charge in [-0.3, -0.25) is 4.79 Å². The van der Waals surface area contributed by atoms with Crippen molar-refractivity contribution in [2.45, 2.75) is 20.0 Å². The van der Waals surface area contributed by atoms with Crippen molar-refractivity contribution in [1.29, 1.82) is 0 Å². The van der Waals surface area contributed by atoms with Crippen molar-refractivity contribution >= 4 is 11.6 Å². The molecule has 0 radical (unpaired) electrons. The van der Waals surface area contributed by atoms with E-state index in [4.69, 9.17) is 9.84 Å². The van der Waals surface area contributed by atoms with Crippen LogP contribution in [-0.2, 0) is 17.8 Å². The number of carbonyl (C=O) groups is 1. The lowest BCUT2D eigenvalue weighted by atomic mass is 10.1. The molecule has 110 valence electrons.